The number of imidazole rings is 1. The van der Waals surface area contributed by atoms with Crippen LogP contribution in [-0.2, 0) is 13.0 Å². The molecule has 0 radical (unpaired) electrons. The van der Waals surface area contributed by atoms with Gasteiger partial charge in [0.2, 0.25) is 0 Å². The summed E-state index contributed by atoms with van der Waals surface area (Å²) in [7, 11) is 0. The molecule has 4 heteroatoms. The highest BCUT2D eigenvalue weighted by Crippen LogP contribution is 2.19. The number of nitrogens with one attached hydrogen (secondary N) is 2. The SMILES string of the molecule is CCCCc1nc(Cl)c(CNC2CCCC2)[nH]1. The van der Waals surface area contributed by atoms with Crippen LogP contribution in [0.5, 0.6) is 0 Å². The van der Waals surface area contributed by atoms with E-state index in [1.54, 1.807) is 0 Å². The fourth-order valence-electron chi connectivity index (χ4n) is 2.40. The average Bonchev–Trinajstić information content (AvgIpc) is 2.93. The number of rotatable bonds is 6. The zero-order valence-electron chi connectivity index (χ0n) is 10.6. The van der Waals surface area contributed by atoms with Gasteiger partial charge in [-0.25, -0.2) is 4.98 Å². The van der Waals surface area contributed by atoms with Crippen LogP contribution in [-0.4, -0.2) is 16.0 Å². The number of H-pyrrole nitrogens is 1. The zero-order chi connectivity index (χ0) is 12.1. The number of unbranched alkanes of at least 4 members (excludes halogenated alkanes) is 1. The second-order valence-electron chi connectivity index (χ2n) is 4.92. The van der Waals surface area contributed by atoms with E-state index in [1.165, 1.54) is 38.5 Å². The highest BCUT2D eigenvalue weighted by Gasteiger charge is 2.15. The lowest BCUT2D eigenvalue weighted by Crippen LogP contribution is -2.25. The van der Waals surface area contributed by atoms with Gasteiger partial charge in [0.25, 0.3) is 0 Å². The van der Waals surface area contributed by atoms with E-state index in [0.29, 0.717) is 11.2 Å². The van der Waals surface area contributed by atoms with E-state index >= 15 is 0 Å². The first kappa shape index (κ1) is 12.9. The predicted molar refractivity (Wildman–Crippen MR) is 71.3 cm³/mol. The van der Waals surface area contributed by atoms with Crippen molar-refractivity contribution in [2.45, 2.75) is 64.5 Å². The molecule has 96 valence electrons. The van der Waals surface area contributed by atoms with Crippen molar-refractivity contribution in [3.05, 3.63) is 16.7 Å². The van der Waals surface area contributed by atoms with Crippen LogP contribution in [0.3, 0.4) is 0 Å². The van der Waals surface area contributed by atoms with Crippen LogP contribution in [0, 0.1) is 0 Å². The summed E-state index contributed by atoms with van der Waals surface area (Å²) in [6.45, 7) is 3.01. The quantitative estimate of drug-likeness (QED) is 0.818. The van der Waals surface area contributed by atoms with E-state index in [2.05, 4.69) is 22.2 Å². The Morgan fingerprint density at radius 3 is 2.88 bits per heavy atom. The average molecular weight is 256 g/mol. The highest BCUT2D eigenvalue weighted by molar-refractivity contribution is 6.30. The molecular formula is C13H22ClN3. The van der Waals surface area contributed by atoms with Gasteiger partial charge in [0, 0.05) is 19.0 Å². The monoisotopic (exact) mass is 255 g/mol. The van der Waals surface area contributed by atoms with Crippen molar-refractivity contribution in [1.82, 2.24) is 15.3 Å². The summed E-state index contributed by atoms with van der Waals surface area (Å²) in [6, 6.07) is 0.674. The maximum absolute atomic E-state index is 6.13. The first-order valence-corrected chi connectivity index (χ1v) is 7.14. The van der Waals surface area contributed by atoms with Crippen molar-refractivity contribution in [3.63, 3.8) is 0 Å². The van der Waals surface area contributed by atoms with Gasteiger partial charge in [-0.05, 0) is 19.3 Å². The Morgan fingerprint density at radius 1 is 1.41 bits per heavy atom. The van der Waals surface area contributed by atoms with Crippen molar-refractivity contribution < 1.29 is 0 Å². The molecule has 1 aliphatic rings. The van der Waals surface area contributed by atoms with Gasteiger partial charge in [-0.3, -0.25) is 0 Å². The molecule has 0 aliphatic heterocycles. The van der Waals surface area contributed by atoms with Crippen LogP contribution >= 0.6 is 11.6 Å². The number of aromatic nitrogens is 2. The Bertz CT molecular complexity index is 342. The lowest BCUT2D eigenvalue weighted by atomic mass is 10.2. The van der Waals surface area contributed by atoms with Gasteiger partial charge < -0.3 is 10.3 Å². The first-order chi connectivity index (χ1) is 8.29. The van der Waals surface area contributed by atoms with Crippen LogP contribution in [0.25, 0.3) is 0 Å². The highest BCUT2D eigenvalue weighted by atomic mass is 35.5. The van der Waals surface area contributed by atoms with Crippen molar-refractivity contribution >= 4 is 11.6 Å². The van der Waals surface area contributed by atoms with E-state index in [0.717, 1.165) is 24.5 Å². The Balaban J connectivity index is 1.84. The molecule has 0 saturated heterocycles. The van der Waals surface area contributed by atoms with Crippen LogP contribution in [0.15, 0.2) is 0 Å². The third kappa shape index (κ3) is 3.71. The van der Waals surface area contributed by atoms with Gasteiger partial charge in [-0.2, -0.15) is 0 Å². The molecule has 1 heterocycles. The molecule has 0 amide bonds. The minimum absolute atomic E-state index is 0.640. The molecule has 0 atom stereocenters. The smallest absolute Gasteiger partial charge is 0.151 e. The largest absolute Gasteiger partial charge is 0.344 e. The second kappa shape index (κ2) is 6.41. The van der Waals surface area contributed by atoms with Gasteiger partial charge in [0.05, 0.1) is 5.69 Å². The lowest BCUT2D eigenvalue weighted by molar-refractivity contribution is 0.520. The molecule has 2 N–H and O–H groups in total. The molecule has 0 unspecified atom stereocenters. The molecule has 0 spiro atoms. The van der Waals surface area contributed by atoms with Crippen LogP contribution in [0.4, 0.5) is 0 Å². The summed E-state index contributed by atoms with van der Waals surface area (Å²) < 4.78 is 0. The minimum atomic E-state index is 0.640. The Morgan fingerprint density at radius 2 is 2.18 bits per heavy atom. The fraction of sp³-hybridized carbons (Fsp3) is 0.769. The summed E-state index contributed by atoms with van der Waals surface area (Å²) in [5.41, 5.74) is 1.05. The molecule has 0 aromatic carbocycles. The molecule has 1 saturated carbocycles. The molecule has 17 heavy (non-hydrogen) atoms. The topological polar surface area (TPSA) is 40.7 Å². The van der Waals surface area contributed by atoms with Gasteiger partial charge in [-0.1, -0.05) is 37.8 Å². The van der Waals surface area contributed by atoms with Crippen molar-refractivity contribution in [2.24, 2.45) is 0 Å². The van der Waals surface area contributed by atoms with E-state index in [1.807, 2.05) is 0 Å². The fourth-order valence-corrected chi connectivity index (χ4v) is 2.61. The van der Waals surface area contributed by atoms with Crippen LogP contribution in [0.1, 0.15) is 57.0 Å². The van der Waals surface area contributed by atoms with Gasteiger partial charge >= 0.3 is 0 Å². The van der Waals surface area contributed by atoms with Crippen LogP contribution < -0.4 is 5.32 Å². The minimum Gasteiger partial charge on any atom is -0.344 e. The molecule has 1 aliphatic carbocycles. The molecule has 1 aromatic heterocycles. The van der Waals surface area contributed by atoms with E-state index in [9.17, 15) is 0 Å². The van der Waals surface area contributed by atoms with Crippen molar-refractivity contribution in [2.75, 3.05) is 0 Å². The predicted octanol–water partition coefficient (Wildman–Crippen LogP) is 3.44. The standard InChI is InChI=1S/C13H22ClN3/c1-2-3-8-12-16-11(13(14)17-12)9-15-10-6-4-5-7-10/h10,15H,2-9H2,1H3,(H,16,17). The summed E-state index contributed by atoms with van der Waals surface area (Å²) in [6.07, 6.45) is 8.67. The molecule has 1 aromatic rings. The zero-order valence-corrected chi connectivity index (χ0v) is 11.3. The number of hydrogen-bond acceptors (Lipinski definition) is 2. The van der Waals surface area contributed by atoms with Crippen LogP contribution in [0.2, 0.25) is 5.15 Å². The van der Waals surface area contributed by atoms with Gasteiger partial charge in [0.15, 0.2) is 5.15 Å². The van der Waals surface area contributed by atoms with E-state index in [-0.39, 0.29) is 0 Å². The third-order valence-corrected chi connectivity index (χ3v) is 3.78. The number of aromatic amines is 1. The molecule has 2 rings (SSSR count). The summed E-state index contributed by atoms with van der Waals surface area (Å²) in [5.74, 6) is 1.03. The second-order valence-corrected chi connectivity index (χ2v) is 5.28. The van der Waals surface area contributed by atoms with Crippen molar-refractivity contribution in [3.8, 4) is 0 Å². The molecule has 1 fully saturated rings. The summed E-state index contributed by atoms with van der Waals surface area (Å²) in [5, 5.41) is 4.19. The first-order valence-electron chi connectivity index (χ1n) is 6.76. The maximum atomic E-state index is 6.13. The normalized spacial score (nSPS) is 16.8. The van der Waals surface area contributed by atoms with Gasteiger partial charge in [0.1, 0.15) is 5.82 Å². The summed E-state index contributed by atoms with van der Waals surface area (Å²) in [4.78, 5) is 7.70. The van der Waals surface area contributed by atoms with Crippen molar-refractivity contribution in [1.29, 1.82) is 0 Å². The number of hydrogen-bond donors (Lipinski definition) is 2. The Kier molecular flexibility index (Phi) is 4.86. The Hall–Kier alpha value is -0.540. The number of halogens is 1. The number of aryl methyl sites for hydroxylation is 1. The maximum Gasteiger partial charge on any atom is 0.151 e. The van der Waals surface area contributed by atoms with E-state index < -0.39 is 0 Å². The van der Waals surface area contributed by atoms with E-state index in [4.69, 9.17) is 11.6 Å². The lowest BCUT2D eigenvalue weighted by Gasteiger charge is -2.10. The molecular weight excluding hydrogens is 234 g/mol. The molecule has 3 nitrogen and oxygen atoms in total. The third-order valence-electron chi connectivity index (χ3n) is 3.47. The number of nitrogens with zero attached hydrogens (tertiary/aromatic N) is 1. The molecule has 0 bridgehead atoms. The Labute approximate surface area is 108 Å². The summed E-state index contributed by atoms with van der Waals surface area (Å²) >= 11 is 6.13. The van der Waals surface area contributed by atoms with Gasteiger partial charge in [-0.15, -0.1) is 0 Å².